The number of aromatic amines is 1. The number of carbonyl (C=O) groups excluding carboxylic acids is 1. The monoisotopic (exact) mass is 194 g/mol. The Balaban J connectivity index is 2.32. The van der Waals surface area contributed by atoms with Gasteiger partial charge in [-0.25, -0.2) is 5.10 Å². The minimum absolute atomic E-state index is 0.178. The number of hydrogen-bond acceptors (Lipinski definition) is 5. The molecule has 0 fully saturated rings. The van der Waals surface area contributed by atoms with Gasteiger partial charge in [0, 0.05) is 12.3 Å². The Kier molecular flexibility index (Phi) is 3.55. The maximum absolute atomic E-state index is 11.3. The van der Waals surface area contributed by atoms with E-state index in [0.29, 0.717) is 5.82 Å². The summed E-state index contributed by atoms with van der Waals surface area (Å²) in [5.41, 5.74) is 0. The highest BCUT2D eigenvalue weighted by molar-refractivity contribution is 5.78. The SMILES string of the molecule is C[C@H](CC#N)C(=O)NCc1nnn[nH]1. The first-order valence-electron chi connectivity index (χ1n) is 4.11. The molecule has 0 aliphatic carbocycles. The third-order valence-electron chi connectivity index (χ3n) is 1.66. The first-order chi connectivity index (χ1) is 6.74. The van der Waals surface area contributed by atoms with Gasteiger partial charge in [-0.1, -0.05) is 6.92 Å². The van der Waals surface area contributed by atoms with Gasteiger partial charge in [-0.2, -0.15) is 5.26 Å². The summed E-state index contributed by atoms with van der Waals surface area (Å²) < 4.78 is 0. The predicted molar refractivity (Wildman–Crippen MR) is 45.4 cm³/mol. The fraction of sp³-hybridized carbons (Fsp3) is 0.571. The molecular weight excluding hydrogens is 184 g/mol. The van der Waals surface area contributed by atoms with Crippen molar-refractivity contribution in [3.8, 4) is 6.07 Å². The van der Waals surface area contributed by atoms with Crippen LogP contribution in [0.15, 0.2) is 0 Å². The van der Waals surface area contributed by atoms with E-state index < -0.39 is 0 Å². The summed E-state index contributed by atoms with van der Waals surface area (Å²) in [6, 6.07) is 1.93. The zero-order valence-corrected chi connectivity index (χ0v) is 7.69. The number of carbonyl (C=O) groups is 1. The molecule has 0 saturated carbocycles. The lowest BCUT2D eigenvalue weighted by Gasteiger charge is -2.06. The Hall–Kier alpha value is -1.97. The molecule has 1 heterocycles. The molecule has 0 bridgehead atoms. The second-order valence-electron chi connectivity index (χ2n) is 2.83. The van der Waals surface area contributed by atoms with Crippen molar-refractivity contribution in [2.24, 2.45) is 5.92 Å². The van der Waals surface area contributed by atoms with Crippen molar-refractivity contribution in [1.29, 1.82) is 5.26 Å². The number of hydrogen-bond donors (Lipinski definition) is 2. The number of nitrogens with one attached hydrogen (secondary N) is 2. The third-order valence-corrected chi connectivity index (χ3v) is 1.66. The average Bonchev–Trinajstić information content (AvgIpc) is 2.67. The molecule has 0 aliphatic heterocycles. The van der Waals surface area contributed by atoms with Crippen LogP contribution in [0, 0.1) is 17.2 Å². The van der Waals surface area contributed by atoms with E-state index in [-0.39, 0.29) is 24.8 Å². The Morgan fingerprint density at radius 3 is 3.14 bits per heavy atom. The lowest BCUT2D eigenvalue weighted by molar-refractivity contribution is -0.124. The number of tetrazole rings is 1. The topological polar surface area (TPSA) is 107 Å². The summed E-state index contributed by atoms with van der Waals surface area (Å²) in [6.45, 7) is 1.94. The van der Waals surface area contributed by atoms with Crippen LogP contribution >= 0.6 is 0 Å². The third kappa shape index (κ3) is 2.82. The summed E-state index contributed by atoms with van der Waals surface area (Å²) in [4.78, 5) is 11.3. The molecule has 1 aromatic heterocycles. The average molecular weight is 194 g/mol. The van der Waals surface area contributed by atoms with Crippen LogP contribution in [0.25, 0.3) is 0 Å². The van der Waals surface area contributed by atoms with Gasteiger partial charge >= 0.3 is 0 Å². The van der Waals surface area contributed by atoms with Crippen LogP contribution in [0.5, 0.6) is 0 Å². The van der Waals surface area contributed by atoms with Crippen LogP contribution in [0.3, 0.4) is 0 Å². The first kappa shape index (κ1) is 10.1. The van der Waals surface area contributed by atoms with E-state index in [4.69, 9.17) is 5.26 Å². The van der Waals surface area contributed by atoms with E-state index in [1.807, 2.05) is 6.07 Å². The molecule has 14 heavy (non-hydrogen) atoms. The van der Waals surface area contributed by atoms with E-state index in [9.17, 15) is 4.79 Å². The van der Waals surface area contributed by atoms with Gasteiger partial charge in [-0.3, -0.25) is 4.79 Å². The molecule has 1 atom stereocenters. The van der Waals surface area contributed by atoms with Crippen molar-refractivity contribution in [2.75, 3.05) is 0 Å². The molecular formula is C7H10N6O. The Morgan fingerprint density at radius 1 is 1.79 bits per heavy atom. The van der Waals surface area contributed by atoms with Crippen molar-refractivity contribution in [3.05, 3.63) is 5.82 Å². The van der Waals surface area contributed by atoms with Crippen molar-refractivity contribution >= 4 is 5.91 Å². The zero-order chi connectivity index (χ0) is 10.4. The summed E-state index contributed by atoms with van der Waals surface area (Å²) >= 11 is 0. The molecule has 2 N–H and O–H groups in total. The van der Waals surface area contributed by atoms with Gasteiger partial charge in [0.2, 0.25) is 5.91 Å². The van der Waals surface area contributed by atoms with Crippen molar-refractivity contribution in [3.63, 3.8) is 0 Å². The van der Waals surface area contributed by atoms with Crippen molar-refractivity contribution < 1.29 is 4.79 Å². The number of H-pyrrole nitrogens is 1. The van der Waals surface area contributed by atoms with E-state index in [0.717, 1.165) is 0 Å². The number of aromatic nitrogens is 4. The number of amides is 1. The molecule has 7 nitrogen and oxygen atoms in total. The normalized spacial score (nSPS) is 11.7. The summed E-state index contributed by atoms with van der Waals surface area (Å²) in [7, 11) is 0. The highest BCUT2D eigenvalue weighted by Crippen LogP contribution is 1.99. The molecule has 0 spiro atoms. The van der Waals surface area contributed by atoms with Crippen LogP contribution < -0.4 is 5.32 Å². The molecule has 0 aliphatic rings. The maximum atomic E-state index is 11.3. The highest BCUT2D eigenvalue weighted by atomic mass is 16.1. The predicted octanol–water partition coefficient (Wildman–Crippen LogP) is -0.634. The van der Waals surface area contributed by atoms with Crippen LogP contribution in [0.1, 0.15) is 19.2 Å². The molecule has 0 unspecified atom stereocenters. The highest BCUT2D eigenvalue weighted by Gasteiger charge is 2.11. The van der Waals surface area contributed by atoms with E-state index in [2.05, 4.69) is 25.9 Å². The lowest BCUT2D eigenvalue weighted by atomic mass is 10.1. The second-order valence-corrected chi connectivity index (χ2v) is 2.83. The van der Waals surface area contributed by atoms with Gasteiger partial charge in [-0.15, -0.1) is 5.10 Å². The van der Waals surface area contributed by atoms with Gasteiger partial charge in [-0.05, 0) is 10.4 Å². The Labute approximate surface area is 80.5 Å². The quantitative estimate of drug-likeness (QED) is 0.663. The summed E-state index contributed by atoms with van der Waals surface area (Å²) in [5.74, 6) is 0.00124. The van der Waals surface area contributed by atoms with Crippen LogP contribution in [0.4, 0.5) is 0 Å². The molecule has 7 heteroatoms. The summed E-state index contributed by atoms with van der Waals surface area (Å²) in [6.07, 6.45) is 0.209. The van der Waals surface area contributed by atoms with Crippen LogP contribution in [-0.4, -0.2) is 26.5 Å². The Bertz CT molecular complexity index is 326. The number of nitrogens with zero attached hydrogens (tertiary/aromatic N) is 4. The molecule has 0 saturated heterocycles. The van der Waals surface area contributed by atoms with Crippen LogP contribution in [-0.2, 0) is 11.3 Å². The van der Waals surface area contributed by atoms with E-state index in [1.165, 1.54) is 0 Å². The molecule has 1 rings (SSSR count). The molecule has 1 aromatic rings. The van der Waals surface area contributed by atoms with Gasteiger partial charge in [0.1, 0.15) is 0 Å². The van der Waals surface area contributed by atoms with Gasteiger partial charge in [0.25, 0.3) is 0 Å². The zero-order valence-electron chi connectivity index (χ0n) is 7.69. The van der Waals surface area contributed by atoms with Gasteiger partial charge < -0.3 is 5.32 Å². The smallest absolute Gasteiger partial charge is 0.224 e. The number of nitriles is 1. The second kappa shape index (κ2) is 4.91. The lowest BCUT2D eigenvalue weighted by Crippen LogP contribution is -2.28. The van der Waals surface area contributed by atoms with Gasteiger partial charge in [0.05, 0.1) is 12.6 Å². The largest absolute Gasteiger partial charge is 0.348 e. The fourth-order valence-corrected chi connectivity index (χ4v) is 0.828. The van der Waals surface area contributed by atoms with Crippen molar-refractivity contribution in [1.82, 2.24) is 25.9 Å². The first-order valence-corrected chi connectivity index (χ1v) is 4.11. The minimum Gasteiger partial charge on any atom is -0.348 e. The Morgan fingerprint density at radius 2 is 2.57 bits per heavy atom. The minimum atomic E-state index is -0.309. The molecule has 74 valence electrons. The van der Waals surface area contributed by atoms with E-state index >= 15 is 0 Å². The van der Waals surface area contributed by atoms with E-state index in [1.54, 1.807) is 6.92 Å². The number of rotatable bonds is 4. The standard InChI is InChI=1S/C7H10N6O/c1-5(2-3-8)7(14)9-4-6-10-12-13-11-6/h5H,2,4H2,1H3,(H,9,14)(H,10,11,12,13)/t5-/m1/s1. The molecule has 0 aromatic carbocycles. The fourth-order valence-electron chi connectivity index (χ4n) is 0.828. The molecule has 0 radical (unpaired) electrons. The van der Waals surface area contributed by atoms with Gasteiger partial charge in [0.15, 0.2) is 5.82 Å². The van der Waals surface area contributed by atoms with Crippen molar-refractivity contribution in [2.45, 2.75) is 19.9 Å². The van der Waals surface area contributed by atoms with Crippen LogP contribution in [0.2, 0.25) is 0 Å². The summed E-state index contributed by atoms with van der Waals surface area (Å²) in [5, 5.41) is 23.8. The maximum Gasteiger partial charge on any atom is 0.224 e. The molecule has 1 amide bonds.